The van der Waals surface area contributed by atoms with Crippen molar-refractivity contribution in [3.05, 3.63) is 34.3 Å². The molecule has 0 fully saturated rings. The number of nitrogens with one attached hydrogen (secondary N) is 2. The van der Waals surface area contributed by atoms with Crippen molar-refractivity contribution in [2.45, 2.75) is 33.2 Å². The van der Waals surface area contributed by atoms with Crippen molar-refractivity contribution < 1.29 is 0 Å². The van der Waals surface area contributed by atoms with E-state index < -0.39 is 0 Å². The standard InChI is InChI=1S/C14H20N4S/c1-3-8-15-12-6-5-7-13(18-12)16-10-14-17-9-11(4-2)19-14/h5-7,9H,3-4,8,10H2,1-2H3,(H2,15,16,18). The van der Waals surface area contributed by atoms with E-state index in [9.17, 15) is 0 Å². The van der Waals surface area contributed by atoms with Crippen molar-refractivity contribution in [2.24, 2.45) is 0 Å². The van der Waals surface area contributed by atoms with Gasteiger partial charge < -0.3 is 10.6 Å². The monoisotopic (exact) mass is 276 g/mol. The van der Waals surface area contributed by atoms with E-state index in [2.05, 4.69) is 34.4 Å². The van der Waals surface area contributed by atoms with E-state index in [0.29, 0.717) is 0 Å². The number of aryl methyl sites for hydroxylation is 1. The summed E-state index contributed by atoms with van der Waals surface area (Å²) in [6, 6.07) is 5.97. The van der Waals surface area contributed by atoms with Crippen LogP contribution in [0.4, 0.5) is 11.6 Å². The lowest BCUT2D eigenvalue weighted by atomic mass is 10.4. The van der Waals surface area contributed by atoms with Gasteiger partial charge >= 0.3 is 0 Å². The van der Waals surface area contributed by atoms with Crippen molar-refractivity contribution >= 4 is 23.0 Å². The Morgan fingerprint density at radius 2 is 1.95 bits per heavy atom. The number of hydrogen-bond donors (Lipinski definition) is 2. The summed E-state index contributed by atoms with van der Waals surface area (Å²) in [4.78, 5) is 10.2. The molecule has 2 aromatic rings. The summed E-state index contributed by atoms with van der Waals surface area (Å²) < 4.78 is 0. The highest BCUT2D eigenvalue weighted by atomic mass is 32.1. The number of thiazole rings is 1. The lowest BCUT2D eigenvalue weighted by Gasteiger charge is -2.07. The Labute approximate surface area is 118 Å². The Bertz CT molecular complexity index is 510. The van der Waals surface area contributed by atoms with Gasteiger partial charge in [-0.3, -0.25) is 0 Å². The minimum absolute atomic E-state index is 0.731. The van der Waals surface area contributed by atoms with Gasteiger partial charge in [-0.25, -0.2) is 9.97 Å². The Balaban J connectivity index is 1.91. The third-order valence-electron chi connectivity index (χ3n) is 2.68. The van der Waals surface area contributed by atoms with Gasteiger partial charge in [0.1, 0.15) is 16.6 Å². The van der Waals surface area contributed by atoms with Crippen LogP contribution in [0.25, 0.3) is 0 Å². The molecule has 0 aliphatic carbocycles. The van der Waals surface area contributed by atoms with Crippen LogP contribution in [0.2, 0.25) is 0 Å². The Hall–Kier alpha value is -1.62. The summed E-state index contributed by atoms with van der Waals surface area (Å²) in [5.74, 6) is 1.80. The van der Waals surface area contributed by atoms with Crippen LogP contribution >= 0.6 is 11.3 Å². The summed E-state index contributed by atoms with van der Waals surface area (Å²) in [5, 5.41) is 7.70. The van der Waals surface area contributed by atoms with Crippen LogP contribution in [0.3, 0.4) is 0 Å². The summed E-state index contributed by atoms with van der Waals surface area (Å²) in [5.41, 5.74) is 0. The molecule has 0 unspecified atom stereocenters. The largest absolute Gasteiger partial charge is 0.370 e. The van der Waals surface area contributed by atoms with Crippen molar-refractivity contribution in [2.75, 3.05) is 17.2 Å². The van der Waals surface area contributed by atoms with E-state index in [-0.39, 0.29) is 0 Å². The number of hydrogen-bond acceptors (Lipinski definition) is 5. The van der Waals surface area contributed by atoms with Crippen molar-refractivity contribution in [3.63, 3.8) is 0 Å². The van der Waals surface area contributed by atoms with Crippen LogP contribution in [-0.4, -0.2) is 16.5 Å². The quantitative estimate of drug-likeness (QED) is 0.812. The molecular weight excluding hydrogens is 256 g/mol. The minimum Gasteiger partial charge on any atom is -0.370 e. The topological polar surface area (TPSA) is 49.8 Å². The molecule has 0 saturated heterocycles. The molecular formula is C14H20N4S. The number of pyridine rings is 1. The third-order valence-corrected chi connectivity index (χ3v) is 3.82. The first-order chi connectivity index (χ1) is 9.31. The molecule has 0 radical (unpaired) electrons. The molecule has 2 aromatic heterocycles. The lowest BCUT2D eigenvalue weighted by molar-refractivity contribution is 0.967. The zero-order valence-corrected chi connectivity index (χ0v) is 12.3. The summed E-state index contributed by atoms with van der Waals surface area (Å²) in [6.07, 6.45) is 4.10. The zero-order valence-electron chi connectivity index (χ0n) is 11.4. The minimum atomic E-state index is 0.731. The third kappa shape index (κ3) is 4.21. The van der Waals surface area contributed by atoms with Gasteiger partial charge in [0.15, 0.2) is 0 Å². The zero-order chi connectivity index (χ0) is 13.5. The number of aromatic nitrogens is 2. The van der Waals surface area contributed by atoms with E-state index in [0.717, 1.165) is 42.6 Å². The fourth-order valence-electron chi connectivity index (χ4n) is 1.64. The molecule has 2 rings (SSSR count). The van der Waals surface area contributed by atoms with Gasteiger partial charge in [0.2, 0.25) is 0 Å². The van der Waals surface area contributed by atoms with Gasteiger partial charge in [-0.15, -0.1) is 11.3 Å². The number of rotatable bonds is 7. The Morgan fingerprint density at radius 3 is 2.63 bits per heavy atom. The second-order valence-corrected chi connectivity index (χ2v) is 5.46. The molecule has 0 spiro atoms. The predicted octanol–water partition coefficient (Wildman–Crippen LogP) is 3.53. The second-order valence-electron chi connectivity index (χ2n) is 4.26. The molecule has 0 bridgehead atoms. The van der Waals surface area contributed by atoms with Crippen molar-refractivity contribution in [1.82, 2.24) is 9.97 Å². The van der Waals surface area contributed by atoms with Crippen LogP contribution in [0.5, 0.6) is 0 Å². The number of nitrogens with zero attached hydrogens (tertiary/aromatic N) is 2. The maximum absolute atomic E-state index is 4.51. The van der Waals surface area contributed by atoms with Crippen LogP contribution in [0.15, 0.2) is 24.4 Å². The van der Waals surface area contributed by atoms with Crippen LogP contribution in [-0.2, 0) is 13.0 Å². The van der Waals surface area contributed by atoms with Crippen molar-refractivity contribution in [3.8, 4) is 0 Å². The summed E-state index contributed by atoms with van der Waals surface area (Å²) >= 11 is 1.75. The first-order valence-electron chi connectivity index (χ1n) is 6.70. The van der Waals surface area contributed by atoms with E-state index in [1.165, 1.54) is 4.88 Å². The summed E-state index contributed by atoms with van der Waals surface area (Å²) in [6.45, 7) is 5.97. The van der Waals surface area contributed by atoms with Crippen LogP contribution < -0.4 is 10.6 Å². The first-order valence-corrected chi connectivity index (χ1v) is 7.51. The van der Waals surface area contributed by atoms with E-state index in [1.807, 2.05) is 24.4 Å². The highest BCUT2D eigenvalue weighted by molar-refractivity contribution is 7.11. The molecule has 102 valence electrons. The SMILES string of the molecule is CCCNc1cccc(NCc2ncc(CC)s2)n1. The van der Waals surface area contributed by atoms with E-state index in [1.54, 1.807) is 11.3 Å². The normalized spacial score (nSPS) is 10.4. The molecule has 0 saturated carbocycles. The second kappa shape index (κ2) is 7.09. The molecule has 0 aliphatic heterocycles. The smallest absolute Gasteiger partial charge is 0.128 e. The average molecular weight is 276 g/mol. The van der Waals surface area contributed by atoms with Gasteiger partial charge in [0, 0.05) is 17.6 Å². The van der Waals surface area contributed by atoms with Gasteiger partial charge in [0.05, 0.1) is 6.54 Å². The van der Waals surface area contributed by atoms with Crippen molar-refractivity contribution in [1.29, 1.82) is 0 Å². The van der Waals surface area contributed by atoms with E-state index in [4.69, 9.17) is 0 Å². The molecule has 5 heteroatoms. The molecule has 2 heterocycles. The molecule has 0 aromatic carbocycles. The maximum Gasteiger partial charge on any atom is 0.128 e. The fraction of sp³-hybridized carbons (Fsp3) is 0.429. The maximum atomic E-state index is 4.51. The highest BCUT2D eigenvalue weighted by Crippen LogP contribution is 2.15. The average Bonchev–Trinajstić information content (AvgIpc) is 2.91. The molecule has 0 aliphatic rings. The number of anilines is 2. The molecule has 19 heavy (non-hydrogen) atoms. The van der Waals surface area contributed by atoms with Crippen LogP contribution in [0.1, 0.15) is 30.2 Å². The van der Waals surface area contributed by atoms with Crippen LogP contribution in [0, 0.1) is 0 Å². The fourth-order valence-corrected chi connectivity index (χ4v) is 2.45. The predicted molar refractivity (Wildman–Crippen MR) is 81.8 cm³/mol. The molecule has 4 nitrogen and oxygen atoms in total. The summed E-state index contributed by atoms with van der Waals surface area (Å²) in [7, 11) is 0. The molecule has 0 atom stereocenters. The van der Waals surface area contributed by atoms with Gasteiger partial charge in [0.25, 0.3) is 0 Å². The molecule has 2 N–H and O–H groups in total. The Morgan fingerprint density at radius 1 is 1.16 bits per heavy atom. The van der Waals surface area contributed by atoms with Gasteiger partial charge in [-0.2, -0.15) is 0 Å². The Kier molecular flexibility index (Phi) is 5.15. The molecule has 0 amide bonds. The first kappa shape index (κ1) is 13.8. The van der Waals surface area contributed by atoms with Gasteiger partial charge in [-0.05, 0) is 25.0 Å². The van der Waals surface area contributed by atoms with E-state index >= 15 is 0 Å². The lowest BCUT2D eigenvalue weighted by Crippen LogP contribution is -2.05. The highest BCUT2D eigenvalue weighted by Gasteiger charge is 2.01. The van der Waals surface area contributed by atoms with Gasteiger partial charge in [-0.1, -0.05) is 19.9 Å².